The molecule has 1 N–H and O–H groups in total. The largest absolute Gasteiger partial charge is 0.393 e. The minimum absolute atomic E-state index is 0.125. The van der Waals surface area contributed by atoms with Crippen LogP contribution in [0.3, 0.4) is 0 Å². The number of hydrogen-bond donors (Lipinski definition) is 1. The van der Waals surface area contributed by atoms with E-state index in [4.69, 9.17) is 0 Å². The summed E-state index contributed by atoms with van der Waals surface area (Å²) in [4.78, 5) is 0. The van der Waals surface area contributed by atoms with Crippen LogP contribution in [0.5, 0.6) is 0 Å². The molecule has 0 saturated heterocycles. The van der Waals surface area contributed by atoms with E-state index >= 15 is 0 Å². The van der Waals surface area contributed by atoms with Crippen LogP contribution in [0, 0.1) is 11.8 Å². The van der Waals surface area contributed by atoms with E-state index in [9.17, 15) is 5.11 Å². The molecule has 1 nitrogen and oxygen atoms in total. The van der Waals surface area contributed by atoms with E-state index in [1.165, 1.54) is 23.5 Å². The molecular weight excluding hydrogens is 299 g/mol. The van der Waals surface area contributed by atoms with Crippen LogP contribution in [0.25, 0.3) is 0 Å². The van der Waals surface area contributed by atoms with Crippen molar-refractivity contribution in [3.63, 3.8) is 0 Å². The van der Waals surface area contributed by atoms with Crippen LogP contribution in [0.15, 0.2) is 60.7 Å². The Morgan fingerprint density at radius 2 is 1.39 bits per heavy atom. The third-order valence-corrected chi connectivity index (χ3v) is 8.30. The second-order valence-electron chi connectivity index (χ2n) is 6.94. The topological polar surface area (TPSA) is 20.2 Å². The first-order valence-electron chi connectivity index (χ1n) is 8.76. The fraction of sp³-hybridized carbons (Fsp3) is 0.429. The van der Waals surface area contributed by atoms with Gasteiger partial charge in [-0.05, 0) is 48.9 Å². The zero-order valence-electron chi connectivity index (χ0n) is 14.1. The Balaban J connectivity index is 2.05. The van der Waals surface area contributed by atoms with Crippen molar-refractivity contribution in [1.82, 2.24) is 0 Å². The number of aliphatic hydroxyl groups excluding tert-OH is 1. The molecule has 0 amide bonds. The van der Waals surface area contributed by atoms with Gasteiger partial charge in [0.15, 0.2) is 0 Å². The molecule has 2 heteroatoms. The molecule has 0 bridgehead atoms. The molecule has 23 heavy (non-hydrogen) atoms. The van der Waals surface area contributed by atoms with Crippen molar-refractivity contribution in [3.8, 4) is 0 Å². The van der Waals surface area contributed by atoms with Crippen molar-refractivity contribution in [1.29, 1.82) is 0 Å². The van der Waals surface area contributed by atoms with E-state index in [0.717, 1.165) is 6.42 Å². The van der Waals surface area contributed by atoms with Crippen LogP contribution in [-0.2, 0) is 0 Å². The molecule has 0 spiro atoms. The van der Waals surface area contributed by atoms with Crippen LogP contribution in [0.2, 0.25) is 0 Å². The highest BCUT2D eigenvalue weighted by Gasteiger charge is 2.39. The second kappa shape index (κ2) is 7.60. The van der Waals surface area contributed by atoms with Gasteiger partial charge in [0.2, 0.25) is 0 Å². The van der Waals surface area contributed by atoms with Crippen LogP contribution >= 0.6 is 7.92 Å². The average molecular weight is 326 g/mol. The quantitative estimate of drug-likeness (QED) is 0.812. The lowest BCUT2D eigenvalue weighted by Crippen LogP contribution is -2.35. The molecule has 0 aliphatic heterocycles. The number of aliphatic hydroxyl groups is 1. The molecule has 3 rings (SSSR count). The Hall–Kier alpha value is -1.17. The van der Waals surface area contributed by atoms with E-state index in [1.54, 1.807) is 0 Å². The summed E-state index contributed by atoms with van der Waals surface area (Å²) >= 11 is 0. The summed E-state index contributed by atoms with van der Waals surface area (Å²) in [6, 6.07) is 21.9. The van der Waals surface area contributed by atoms with Crippen LogP contribution in [-0.4, -0.2) is 16.9 Å². The normalized spacial score (nSPS) is 22.7. The van der Waals surface area contributed by atoms with Gasteiger partial charge in [-0.1, -0.05) is 80.9 Å². The highest BCUT2D eigenvalue weighted by molar-refractivity contribution is 7.73. The van der Waals surface area contributed by atoms with Gasteiger partial charge in [-0.3, -0.25) is 0 Å². The molecule has 1 saturated carbocycles. The zero-order chi connectivity index (χ0) is 16.2. The van der Waals surface area contributed by atoms with E-state index in [-0.39, 0.29) is 6.10 Å². The lowest BCUT2D eigenvalue weighted by atomic mass is 9.93. The Kier molecular flexibility index (Phi) is 5.51. The van der Waals surface area contributed by atoms with E-state index < -0.39 is 7.92 Å². The lowest BCUT2D eigenvalue weighted by Gasteiger charge is -2.37. The summed E-state index contributed by atoms with van der Waals surface area (Å²) in [6.45, 7) is 4.66. The number of rotatable bonds is 5. The van der Waals surface area contributed by atoms with Crippen molar-refractivity contribution in [2.24, 2.45) is 11.8 Å². The summed E-state index contributed by atoms with van der Waals surface area (Å²) in [6.07, 6.45) is 3.19. The zero-order valence-corrected chi connectivity index (χ0v) is 15.0. The molecule has 1 fully saturated rings. The van der Waals surface area contributed by atoms with Gasteiger partial charge in [-0.2, -0.15) is 0 Å². The lowest BCUT2D eigenvalue weighted by molar-refractivity contribution is 0.123. The minimum Gasteiger partial charge on any atom is -0.393 e. The third-order valence-electron chi connectivity index (χ3n) is 5.02. The monoisotopic (exact) mass is 326 g/mol. The first-order valence-corrected chi connectivity index (χ1v) is 10.2. The van der Waals surface area contributed by atoms with Gasteiger partial charge in [-0.25, -0.2) is 0 Å². The summed E-state index contributed by atoms with van der Waals surface area (Å²) in [5.41, 5.74) is 0.535. The fourth-order valence-electron chi connectivity index (χ4n) is 4.02. The Morgan fingerprint density at radius 1 is 0.870 bits per heavy atom. The smallest absolute Gasteiger partial charge is 0.0574 e. The van der Waals surface area contributed by atoms with Gasteiger partial charge in [0.05, 0.1) is 6.10 Å². The SMILES string of the molecule is CC(C)[C@@H]([C@@H]1CCC[C@@H]1O)P(c1ccccc1)c1ccccc1. The third kappa shape index (κ3) is 3.67. The second-order valence-corrected chi connectivity index (χ2v) is 9.31. The molecule has 0 aromatic heterocycles. The van der Waals surface area contributed by atoms with Gasteiger partial charge in [0.25, 0.3) is 0 Å². The molecular formula is C21H27OP. The van der Waals surface area contributed by atoms with Gasteiger partial charge >= 0.3 is 0 Å². The van der Waals surface area contributed by atoms with Gasteiger partial charge in [0.1, 0.15) is 0 Å². The standard InChI is InChI=1S/C21H27OP/c1-16(2)21(19-14-9-15-20(19)22)23(17-10-5-3-6-11-17)18-12-7-4-8-13-18/h3-8,10-13,16,19-22H,9,14-15H2,1-2H3/t19-,20+,21+/m1/s1. The molecule has 3 atom stereocenters. The maximum atomic E-state index is 10.6. The maximum Gasteiger partial charge on any atom is 0.0574 e. The van der Waals surface area contributed by atoms with Gasteiger partial charge in [0, 0.05) is 0 Å². The predicted octanol–water partition coefficient (Wildman–Crippen LogP) is 4.30. The molecule has 122 valence electrons. The fourth-order valence-corrected chi connectivity index (χ4v) is 7.32. The Labute approximate surface area is 141 Å². The molecule has 0 unspecified atom stereocenters. The summed E-state index contributed by atoms with van der Waals surface area (Å²) < 4.78 is 0. The Bertz CT molecular complexity index is 556. The van der Waals surface area contributed by atoms with Crippen LogP contribution < -0.4 is 10.6 Å². The molecule has 0 radical (unpaired) electrons. The average Bonchev–Trinajstić information content (AvgIpc) is 2.99. The van der Waals surface area contributed by atoms with Crippen LogP contribution in [0.4, 0.5) is 0 Å². The van der Waals surface area contributed by atoms with E-state index in [0.29, 0.717) is 17.5 Å². The highest BCUT2D eigenvalue weighted by Crippen LogP contribution is 2.50. The molecule has 1 aliphatic rings. The Morgan fingerprint density at radius 3 is 1.78 bits per heavy atom. The highest BCUT2D eigenvalue weighted by atomic mass is 31.1. The number of benzene rings is 2. The van der Waals surface area contributed by atoms with Crippen molar-refractivity contribution in [2.45, 2.75) is 44.9 Å². The van der Waals surface area contributed by atoms with Crippen molar-refractivity contribution in [2.75, 3.05) is 0 Å². The maximum absolute atomic E-state index is 10.6. The minimum atomic E-state index is -0.451. The molecule has 0 heterocycles. The van der Waals surface area contributed by atoms with Crippen molar-refractivity contribution < 1.29 is 5.11 Å². The summed E-state index contributed by atoms with van der Waals surface area (Å²) in [5.74, 6) is 1.00. The first-order chi connectivity index (χ1) is 11.2. The van der Waals surface area contributed by atoms with Crippen LogP contribution in [0.1, 0.15) is 33.1 Å². The van der Waals surface area contributed by atoms with Crippen molar-refractivity contribution >= 4 is 18.5 Å². The van der Waals surface area contributed by atoms with Crippen molar-refractivity contribution in [3.05, 3.63) is 60.7 Å². The number of hydrogen-bond acceptors (Lipinski definition) is 1. The summed E-state index contributed by atoms with van der Waals surface area (Å²) in [5, 5.41) is 13.4. The van der Waals surface area contributed by atoms with E-state index in [2.05, 4.69) is 74.5 Å². The predicted molar refractivity (Wildman–Crippen MR) is 101 cm³/mol. The van der Waals surface area contributed by atoms with Gasteiger partial charge in [-0.15, -0.1) is 0 Å². The molecule has 2 aromatic carbocycles. The molecule has 2 aromatic rings. The van der Waals surface area contributed by atoms with Gasteiger partial charge < -0.3 is 5.11 Å². The first kappa shape index (κ1) is 16.7. The van der Waals surface area contributed by atoms with E-state index in [1.807, 2.05) is 0 Å². The molecule has 1 aliphatic carbocycles. The summed E-state index contributed by atoms with van der Waals surface area (Å²) in [7, 11) is -0.451.